The molecule has 0 unspecified atom stereocenters. The van der Waals surface area contributed by atoms with E-state index in [1.54, 1.807) is 6.92 Å². The number of carbonyl (C=O) groups excluding carboxylic acids is 1. The van der Waals surface area contributed by atoms with Crippen molar-refractivity contribution in [2.45, 2.75) is 94.3 Å². The molecule has 0 amide bonds. The SMILES string of the molecule is CC(C)Oc1ccc([S+](c2ccc(OC(C)C)cc2)c2ccc(OC(C)C)cc2)cc1.CCCC(=O)[O-]. The van der Waals surface area contributed by atoms with Crippen LogP contribution in [0.15, 0.2) is 87.5 Å². The minimum Gasteiger partial charge on any atom is -0.550 e. The summed E-state index contributed by atoms with van der Waals surface area (Å²) >= 11 is 0. The van der Waals surface area contributed by atoms with Crippen LogP contribution in [0.3, 0.4) is 0 Å². The van der Waals surface area contributed by atoms with Crippen molar-refractivity contribution in [1.29, 1.82) is 0 Å². The van der Waals surface area contributed by atoms with Gasteiger partial charge < -0.3 is 24.1 Å². The number of carboxylic acid groups (broad SMARTS) is 1. The van der Waals surface area contributed by atoms with Crippen LogP contribution in [0.4, 0.5) is 0 Å². The Hall–Kier alpha value is -3.12. The molecule has 0 aromatic heterocycles. The third kappa shape index (κ3) is 10.8. The van der Waals surface area contributed by atoms with E-state index in [9.17, 15) is 9.90 Å². The van der Waals surface area contributed by atoms with E-state index in [4.69, 9.17) is 14.2 Å². The molecule has 0 heterocycles. The van der Waals surface area contributed by atoms with Gasteiger partial charge in [-0.1, -0.05) is 13.3 Å². The molecule has 37 heavy (non-hydrogen) atoms. The predicted octanol–water partition coefficient (Wildman–Crippen LogP) is 6.68. The van der Waals surface area contributed by atoms with Gasteiger partial charge in [0.05, 0.1) is 29.2 Å². The highest BCUT2D eigenvalue weighted by Gasteiger charge is 2.29. The van der Waals surface area contributed by atoms with Crippen molar-refractivity contribution >= 4 is 16.9 Å². The zero-order valence-corrected chi connectivity index (χ0v) is 23.8. The lowest BCUT2D eigenvalue weighted by atomic mass is 10.3. The van der Waals surface area contributed by atoms with Crippen LogP contribution in [0.5, 0.6) is 17.2 Å². The summed E-state index contributed by atoms with van der Waals surface area (Å²) in [7, 11) is -0.244. The fourth-order valence-corrected chi connectivity index (χ4v) is 5.43. The largest absolute Gasteiger partial charge is 0.550 e. The van der Waals surface area contributed by atoms with Crippen molar-refractivity contribution in [3.05, 3.63) is 72.8 Å². The summed E-state index contributed by atoms with van der Waals surface area (Å²) in [6.07, 6.45) is 1.32. The summed E-state index contributed by atoms with van der Waals surface area (Å²) in [5, 5.41) is 9.49. The van der Waals surface area contributed by atoms with Crippen LogP contribution in [0.2, 0.25) is 0 Å². The molecule has 0 aliphatic carbocycles. The molecule has 0 N–H and O–H groups in total. The first kappa shape index (κ1) is 30.1. The fraction of sp³-hybridized carbons (Fsp3) is 0.387. The van der Waals surface area contributed by atoms with Crippen LogP contribution in [0, 0.1) is 0 Å². The molecule has 6 heteroatoms. The van der Waals surface area contributed by atoms with Gasteiger partial charge in [0.15, 0.2) is 14.7 Å². The molecule has 3 rings (SSSR count). The highest BCUT2D eigenvalue weighted by Crippen LogP contribution is 2.34. The molecule has 3 aromatic carbocycles. The number of rotatable bonds is 11. The van der Waals surface area contributed by atoms with E-state index >= 15 is 0 Å². The number of carbonyl (C=O) groups is 1. The van der Waals surface area contributed by atoms with E-state index in [2.05, 4.69) is 72.8 Å². The Morgan fingerprint density at radius 3 is 1.05 bits per heavy atom. The van der Waals surface area contributed by atoms with Crippen LogP contribution in [-0.2, 0) is 15.7 Å². The normalized spacial score (nSPS) is 10.9. The van der Waals surface area contributed by atoms with Gasteiger partial charge in [-0.3, -0.25) is 0 Å². The molecule has 0 bridgehead atoms. The molecule has 0 fully saturated rings. The van der Waals surface area contributed by atoms with Gasteiger partial charge in [0, 0.05) is 5.97 Å². The number of hydrogen-bond donors (Lipinski definition) is 0. The molecular formula is C31H40O5S. The van der Waals surface area contributed by atoms with Crippen LogP contribution in [0.25, 0.3) is 0 Å². The fourth-order valence-electron chi connectivity index (χ4n) is 3.39. The number of carboxylic acids is 1. The standard InChI is InChI=1S/C27H33O3S.C4H8O2/c1-19(2)28-22-7-13-25(14-8-22)31(26-15-9-23(10-16-26)29-20(3)4)27-17-11-24(12-18-27)30-21(5)6;1-2-3-4(5)6/h7-21H,1-6H3;2-3H2,1H3,(H,5,6)/q+1;/p-1. The van der Waals surface area contributed by atoms with Crippen molar-refractivity contribution in [2.24, 2.45) is 0 Å². The monoisotopic (exact) mass is 524 g/mol. The van der Waals surface area contributed by atoms with E-state index in [-0.39, 0.29) is 35.6 Å². The van der Waals surface area contributed by atoms with Gasteiger partial charge in [0.2, 0.25) is 0 Å². The van der Waals surface area contributed by atoms with Crippen molar-refractivity contribution < 1.29 is 24.1 Å². The maximum atomic E-state index is 9.49. The number of aliphatic carboxylic acids is 1. The van der Waals surface area contributed by atoms with Gasteiger partial charge in [-0.2, -0.15) is 0 Å². The quantitative estimate of drug-likeness (QED) is 0.262. The molecule has 0 saturated carbocycles. The first-order chi connectivity index (χ1) is 17.6. The van der Waals surface area contributed by atoms with Crippen molar-refractivity contribution in [3.63, 3.8) is 0 Å². The van der Waals surface area contributed by atoms with E-state index in [0.29, 0.717) is 6.42 Å². The van der Waals surface area contributed by atoms with E-state index in [0.717, 1.165) is 17.2 Å². The second-order valence-corrected chi connectivity index (χ2v) is 11.4. The lowest BCUT2D eigenvalue weighted by molar-refractivity contribution is -0.305. The maximum Gasteiger partial charge on any atom is 0.166 e. The second-order valence-electron chi connectivity index (χ2n) is 9.34. The Balaban J connectivity index is 0.000000717. The van der Waals surface area contributed by atoms with Gasteiger partial charge in [-0.25, -0.2) is 0 Å². The Morgan fingerprint density at radius 1 is 0.622 bits per heavy atom. The van der Waals surface area contributed by atoms with Crippen LogP contribution in [0.1, 0.15) is 61.3 Å². The summed E-state index contributed by atoms with van der Waals surface area (Å²) in [6, 6.07) is 25.3. The number of benzene rings is 3. The molecule has 0 aliphatic rings. The molecule has 5 nitrogen and oxygen atoms in total. The Bertz CT molecular complexity index is 931. The summed E-state index contributed by atoms with van der Waals surface area (Å²) in [5.41, 5.74) is 0. The Morgan fingerprint density at radius 2 is 0.892 bits per heavy atom. The molecule has 0 saturated heterocycles. The molecule has 3 aromatic rings. The summed E-state index contributed by atoms with van der Waals surface area (Å²) in [6.45, 7) is 14.1. The minimum absolute atomic E-state index is 0.158. The average molecular weight is 525 g/mol. The lowest BCUT2D eigenvalue weighted by Crippen LogP contribution is -2.20. The van der Waals surface area contributed by atoms with Gasteiger partial charge in [-0.15, -0.1) is 0 Å². The Labute approximate surface area is 225 Å². The zero-order chi connectivity index (χ0) is 27.4. The van der Waals surface area contributed by atoms with Gasteiger partial charge in [-0.05, 0) is 121 Å². The van der Waals surface area contributed by atoms with Gasteiger partial charge >= 0.3 is 0 Å². The Kier molecular flexibility index (Phi) is 12.4. The molecule has 0 aliphatic heterocycles. The smallest absolute Gasteiger partial charge is 0.166 e. The molecule has 0 atom stereocenters. The van der Waals surface area contributed by atoms with Gasteiger partial charge in [0.1, 0.15) is 17.2 Å². The van der Waals surface area contributed by atoms with Crippen molar-refractivity contribution in [2.75, 3.05) is 0 Å². The topological polar surface area (TPSA) is 67.8 Å². The molecular weight excluding hydrogens is 484 g/mol. The van der Waals surface area contributed by atoms with E-state index < -0.39 is 5.97 Å². The zero-order valence-electron chi connectivity index (χ0n) is 23.0. The first-order valence-corrected chi connectivity index (χ1v) is 14.1. The van der Waals surface area contributed by atoms with Crippen LogP contribution < -0.4 is 19.3 Å². The number of hydrogen-bond acceptors (Lipinski definition) is 5. The summed E-state index contributed by atoms with van der Waals surface area (Å²) in [4.78, 5) is 13.2. The molecule has 200 valence electrons. The van der Waals surface area contributed by atoms with Crippen LogP contribution in [-0.4, -0.2) is 24.3 Å². The van der Waals surface area contributed by atoms with Gasteiger partial charge in [0.25, 0.3) is 0 Å². The molecule has 0 radical (unpaired) electrons. The predicted molar refractivity (Wildman–Crippen MR) is 149 cm³/mol. The first-order valence-electron chi connectivity index (χ1n) is 12.8. The maximum absolute atomic E-state index is 9.49. The summed E-state index contributed by atoms with van der Waals surface area (Å²) in [5.74, 6) is 1.72. The third-order valence-electron chi connectivity index (χ3n) is 4.75. The lowest BCUT2D eigenvalue weighted by Gasteiger charge is -2.13. The highest BCUT2D eigenvalue weighted by molar-refractivity contribution is 7.97. The van der Waals surface area contributed by atoms with Crippen LogP contribution >= 0.6 is 0 Å². The second kappa shape index (κ2) is 15.2. The van der Waals surface area contributed by atoms with E-state index in [1.165, 1.54) is 14.7 Å². The van der Waals surface area contributed by atoms with E-state index in [1.807, 2.05) is 41.5 Å². The average Bonchev–Trinajstić information content (AvgIpc) is 2.82. The summed E-state index contributed by atoms with van der Waals surface area (Å²) < 4.78 is 17.5. The number of ether oxygens (including phenoxy) is 3. The minimum atomic E-state index is -0.961. The third-order valence-corrected chi connectivity index (χ3v) is 6.98. The highest BCUT2D eigenvalue weighted by atomic mass is 32.2. The molecule has 0 spiro atoms. The van der Waals surface area contributed by atoms with Crippen molar-refractivity contribution in [1.82, 2.24) is 0 Å². The van der Waals surface area contributed by atoms with Crippen molar-refractivity contribution in [3.8, 4) is 17.2 Å².